The van der Waals surface area contributed by atoms with E-state index in [0.29, 0.717) is 49.2 Å². The lowest BCUT2D eigenvalue weighted by Gasteiger charge is -2.29. The molecule has 2 aromatic carbocycles. The Labute approximate surface area is 211 Å². The molecule has 6 heteroatoms. The number of ether oxygens (including phenoxy) is 3. The number of alkyl halides is 1. The second-order valence-electron chi connectivity index (χ2n) is 10.4. The first-order chi connectivity index (χ1) is 17.3. The number of fused-ring (bicyclic) bond motifs is 1. The summed E-state index contributed by atoms with van der Waals surface area (Å²) < 4.78 is 46.6. The van der Waals surface area contributed by atoms with Crippen LogP contribution in [-0.2, 0) is 24.2 Å². The molecule has 1 aliphatic carbocycles. The molecule has 0 amide bonds. The molecule has 2 heterocycles. The van der Waals surface area contributed by atoms with Crippen LogP contribution >= 0.6 is 0 Å². The third-order valence-corrected chi connectivity index (χ3v) is 7.30. The van der Waals surface area contributed by atoms with Crippen molar-refractivity contribution in [3.05, 3.63) is 76.2 Å². The Kier molecular flexibility index (Phi) is 6.98. The highest BCUT2D eigenvalue weighted by atomic mass is 19.1. The van der Waals surface area contributed by atoms with Crippen LogP contribution in [0.4, 0.5) is 8.78 Å². The van der Waals surface area contributed by atoms with Crippen molar-refractivity contribution in [1.29, 1.82) is 0 Å². The van der Waals surface area contributed by atoms with Gasteiger partial charge in [0.05, 0.1) is 0 Å². The van der Waals surface area contributed by atoms with E-state index in [9.17, 15) is 8.78 Å². The van der Waals surface area contributed by atoms with Crippen LogP contribution in [0.25, 0.3) is 11.1 Å². The summed E-state index contributed by atoms with van der Waals surface area (Å²) in [7, 11) is 0. The molecule has 0 radical (unpaired) electrons. The summed E-state index contributed by atoms with van der Waals surface area (Å²) in [5.41, 5.74) is 5.54. The molecular weight excluding hydrogens is 460 g/mol. The Hall–Kier alpha value is -2.99. The van der Waals surface area contributed by atoms with Gasteiger partial charge in [0.25, 0.3) is 0 Å². The maximum absolute atomic E-state index is 14.9. The molecular formula is C30H33F2NO3. The van der Waals surface area contributed by atoms with Gasteiger partial charge >= 0.3 is 0 Å². The number of hydrogen-bond acceptors (Lipinski definition) is 4. The average molecular weight is 494 g/mol. The van der Waals surface area contributed by atoms with E-state index in [1.807, 2.05) is 44.3 Å². The first-order valence-corrected chi connectivity index (χ1v) is 12.7. The molecule has 0 N–H and O–H groups in total. The summed E-state index contributed by atoms with van der Waals surface area (Å²) in [6.45, 7) is 7.18. The second-order valence-corrected chi connectivity index (χ2v) is 10.4. The van der Waals surface area contributed by atoms with Gasteiger partial charge in [0.15, 0.2) is 0 Å². The van der Waals surface area contributed by atoms with Crippen LogP contribution < -0.4 is 9.47 Å². The first kappa shape index (κ1) is 24.7. The van der Waals surface area contributed by atoms with E-state index in [4.69, 9.17) is 14.2 Å². The number of pyridine rings is 1. The third kappa shape index (κ3) is 5.39. The van der Waals surface area contributed by atoms with Gasteiger partial charge in [-0.05, 0) is 90.3 Å². The van der Waals surface area contributed by atoms with Gasteiger partial charge in [-0.15, -0.1) is 0 Å². The molecule has 36 heavy (non-hydrogen) atoms. The van der Waals surface area contributed by atoms with E-state index in [0.717, 1.165) is 35.1 Å². The third-order valence-electron chi connectivity index (χ3n) is 7.30. The summed E-state index contributed by atoms with van der Waals surface area (Å²) >= 11 is 0. The molecule has 2 aliphatic rings. The smallest absolute Gasteiger partial charge is 0.213 e. The lowest BCUT2D eigenvalue weighted by Crippen LogP contribution is -2.37. The Balaban J connectivity index is 1.31. The van der Waals surface area contributed by atoms with Crippen molar-refractivity contribution in [1.82, 2.24) is 4.98 Å². The monoisotopic (exact) mass is 493 g/mol. The Morgan fingerprint density at radius 1 is 1.00 bits per heavy atom. The first-order valence-electron chi connectivity index (χ1n) is 12.7. The molecule has 0 spiro atoms. The molecule has 1 fully saturated rings. The van der Waals surface area contributed by atoms with Crippen molar-refractivity contribution < 1.29 is 23.0 Å². The van der Waals surface area contributed by atoms with Crippen molar-refractivity contribution >= 4 is 0 Å². The van der Waals surface area contributed by atoms with Crippen LogP contribution in [0.3, 0.4) is 0 Å². The van der Waals surface area contributed by atoms with Gasteiger partial charge in [0.1, 0.15) is 30.4 Å². The fourth-order valence-electron chi connectivity index (χ4n) is 5.33. The van der Waals surface area contributed by atoms with E-state index in [2.05, 4.69) is 11.9 Å². The summed E-state index contributed by atoms with van der Waals surface area (Å²) in [4.78, 5) is 4.41. The van der Waals surface area contributed by atoms with E-state index in [1.54, 1.807) is 6.07 Å². The molecule has 0 saturated carbocycles. The van der Waals surface area contributed by atoms with E-state index in [1.165, 1.54) is 17.2 Å². The van der Waals surface area contributed by atoms with Crippen molar-refractivity contribution in [2.45, 2.75) is 58.7 Å². The predicted molar refractivity (Wildman–Crippen MR) is 136 cm³/mol. The lowest BCUT2D eigenvalue weighted by atomic mass is 9.94. The molecule has 190 valence electrons. The standard InChI is InChI=1S/C30H33F2NO3/c1-19-10-23-15-28(33-16-24(23)11-19)35-17-25-14-22(4-5-27(25)31)29-20(2)12-26(13-21(29)3)36-18-30(32)6-8-34-9-7-30/h4-5,12-16,19H,6-11,17-18H2,1-3H3/t19-/m0/s1. The molecule has 1 saturated heterocycles. The average Bonchev–Trinajstić information content (AvgIpc) is 3.22. The normalized spacial score (nSPS) is 18.6. The highest BCUT2D eigenvalue weighted by Crippen LogP contribution is 2.34. The Bertz CT molecular complexity index is 1230. The van der Waals surface area contributed by atoms with Crippen molar-refractivity contribution in [3.63, 3.8) is 0 Å². The molecule has 0 unspecified atom stereocenters. The van der Waals surface area contributed by atoms with Crippen LogP contribution in [0.2, 0.25) is 0 Å². The minimum atomic E-state index is -1.35. The number of aryl methyl sites for hydroxylation is 2. The quantitative estimate of drug-likeness (QED) is 0.367. The fourth-order valence-corrected chi connectivity index (χ4v) is 5.33. The zero-order chi connectivity index (χ0) is 25.3. The van der Waals surface area contributed by atoms with Gasteiger partial charge in [0.2, 0.25) is 5.88 Å². The van der Waals surface area contributed by atoms with Gasteiger partial charge in [-0.2, -0.15) is 0 Å². The van der Waals surface area contributed by atoms with Crippen molar-refractivity contribution in [3.8, 4) is 22.8 Å². The SMILES string of the molecule is Cc1cc(OCC2(F)CCOCC2)cc(C)c1-c1ccc(F)c(COc2cc3c(cn2)C[C@@H](C)C3)c1. The van der Waals surface area contributed by atoms with Gasteiger partial charge in [-0.3, -0.25) is 0 Å². The number of benzene rings is 2. The summed E-state index contributed by atoms with van der Waals surface area (Å²) in [5, 5.41) is 0. The molecule has 4 nitrogen and oxygen atoms in total. The molecule has 1 aliphatic heterocycles. The van der Waals surface area contributed by atoms with Crippen LogP contribution in [-0.4, -0.2) is 30.5 Å². The zero-order valence-electron chi connectivity index (χ0n) is 21.2. The summed E-state index contributed by atoms with van der Waals surface area (Å²) in [6.07, 6.45) is 4.65. The molecule has 0 bridgehead atoms. The van der Waals surface area contributed by atoms with E-state index >= 15 is 0 Å². The van der Waals surface area contributed by atoms with E-state index in [-0.39, 0.29) is 19.0 Å². The molecule has 3 aromatic rings. The van der Waals surface area contributed by atoms with Crippen LogP contribution in [0.1, 0.15) is 47.6 Å². The number of nitrogens with zero attached hydrogens (tertiary/aromatic N) is 1. The fraction of sp³-hybridized carbons (Fsp3) is 0.433. The van der Waals surface area contributed by atoms with Gasteiger partial charge in [-0.25, -0.2) is 13.8 Å². The van der Waals surface area contributed by atoms with Crippen LogP contribution in [0.15, 0.2) is 42.6 Å². The van der Waals surface area contributed by atoms with Gasteiger partial charge in [-0.1, -0.05) is 13.0 Å². The number of aromatic nitrogens is 1. The van der Waals surface area contributed by atoms with E-state index < -0.39 is 5.67 Å². The lowest BCUT2D eigenvalue weighted by molar-refractivity contribution is -0.0323. The number of hydrogen-bond donors (Lipinski definition) is 0. The van der Waals surface area contributed by atoms with Crippen LogP contribution in [0.5, 0.6) is 11.6 Å². The minimum Gasteiger partial charge on any atom is -0.490 e. The Morgan fingerprint density at radius 3 is 2.47 bits per heavy atom. The maximum atomic E-state index is 14.9. The number of rotatable bonds is 7. The van der Waals surface area contributed by atoms with Crippen LogP contribution in [0, 0.1) is 25.6 Å². The largest absolute Gasteiger partial charge is 0.490 e. The highest BCUT2D eigenvalue weighted by molar-refractivity contribution is 5.72. The predicted octanol–water partition coefficient (Wildman–Crippen LogP) is 6.72. The topological polar surface area (TPSA) is 40.6 Å². The maximum Gasteiger partial charge on any atom is 0.213 e. The van der Waals surface area contributed by atoms with Gasteiger partial charge < -0.3 is 14.2 Å². The van der Waals surface area contributed by atoms with Crippen molar-refractivity contribution in [2.75, 3.05) is 19.8 Å². The summed E-state index contributed by atoms with van der Waals surface area (Å²) in [6, 6.07) is 10.9. The summed E-state index contributed by atoms with van der Waals surface area (Å²) in [5.74, 6) is 1.47. The Morgan fingerprint density at radius 2 is 1.72 bits per heavy atom. The van der Waals surface area contributed by atoms with Crippen molar-refractivity contribution in [2.24, 2.45) is 5.92 Å². The highest BCUT2D eigenvalue weighted by Gasteiger charge is 2.33. The second kappa shape index (κ2) is 10.2. The van der Waals surface area contributed by atoms with Gasteiger partial charge in [0, 0.05) is 43.9 Å². The number of halogens is 2. The molecule has 5 rings (SSSR count). The molecule has 1 atom stereocenters. The molecule has 1 aromatic heterocycles. The minimum absolute atomic E-state index is 0.0161. The zero-order valence-corrected chi connectivity index (χ0v) is 21.2.